The van der Waals surface area contributed by atoms with E-state index in [2.05, 4.69) is 16.5 Å². The molecule has 1 aliphatic rings. The zero-order valence-electron chi connectivity index (χ0n) is 9.52. The Morgan fingerprint density at radius 3 is 2.53 bits per heavy atom. The fraction of sp³-hybridized carbons (Fsp3) is 0.750. The number of hydrogen-bond acceptors (Lipinski definition) is 2. The van der Waals surface area contributed by atoms with Gasteiger partial charge in [0, 0.05) is 18.9 Å². The van der Waals surface area contributed by atoms with E-state index < -0.39 is 0 Å². The quantitative estimate of drug-likeness (QED) is 0.828. The lowest BCUT2D eigenvalue weighted by atomic mass is 9.81. The normalized spacial score (nSPS) is 26.7. The van der Waals surface area contributed by atoms with Crippen LogP contribution in [-0.2, 0) is 6.54 Å². The van der Waals surface area contributed by atoms with E-state index in [1.54, 1.807) is 6.20 Å². The summed E-state index contributed by atoms with van der Waals surface area (Å²) in [6, 6.07) is 0. The van der Waals surface area contributed by atoms with Crippen LogP contribution in [0.2, 0.25) is 0 Å². The highest BCUT2D eigenvalue weighted by Gasteiger charge is 2.20. The molecule has 1 aromatic heterocycles. The Kier molecular flexibility index (Phi) is 3.29. The average Bonchev–Trinajstić information content (AvgIpc) is 2.66. The summed E-state index contributed by atoms with van der Waals surface area (Å²) in [6.07, 6.45) is 10.6. The van der Waals surface area contributed by atoms with E-state index >= 15 is 0 Å². The van der Waals surface area contributed by atoms with Crippen molar-refractivity contribution in [2.75, 3.05) is 5.73 Å². The van der Waals surface area contributed by atoms with Gasteiger partial charge in [-0.1, -0.05) is 26.2 Å². The molecule has 0 aliphatic heterocycles. The Bertz CT molecular complexity index is 298. The number of anilines is 1. The van der Waals surface area contributed by atoms with Gasteiger partial charge in [-0.2, -0.15) is 0 Å². The number of nitrogens with zero attached hydrogens (tertiary/aromatic N) is 2. The molecule has 84 valence electrons. The predicted molar refractivity (Wildman–Crippen MR) is 62.4 cm³/mol. The lowest BCUT2D eigenvalue weighted by Gasteiger charge is -2.28. The van der Waals surface area contributed by atoms with Crippen molar-refractivity contribution in [3.63, 3.8) is 0 Å². The van der Waals surface area contributed by atoms with Crippen molar-refractivity contribution in [3.8, 4) is 0 Å². The molecular weight excluding hydrogens is 186 g/mol. The molecule has 1 aromatic rings. The number of nitrogens with two attached hydrogens (primary N) is 1. The molecule has 0 unspecified atom stereocenters. The fourth-order valence-corrected chi connectivity index (χ4v) is 2.60. The summed E-state index contributed by atoms with van der Waals surface area (Å²) in [7, 11) is 0. The summed E-state index contributed by atoms with van der Waals surface area (Å²) in [4.78, 5) is 4.05. The van der Waals surface area contributed by atoms with E-state index in [0.717, 1.165) is 18.4 Å². The van der Waals surface area contributed by atoms with Crippen LogP contribution in [0.1, 0.15) is 39.0 Å². The summed E-state index contributed by atoms with van der Waals surface area (Å²) in [5, 5.41) is 0. The Hall–Kier alpha value is -0.990. The first kappa shape index (κ1) is 10.5. The molecule has 3 heteroatoms. The highest BCUT2D eigenvalue weighted by molar-refractivity contribution is 5.16. The molecule has 1 saturated carbocycles. The van der Waals surface area contributed by atoms with E-state index in [1.165, 1.54) is 32.1 Å². The Balaban J connectivity index is 1.85. The second-order valence-electron chi connectivity index (χ2n) is 4.73. The summed E-state index contributed by atoms with van der Waals surface area (Å²) in [6.45, 7) is 3.36. The summed E-state index contributed by atoms with van der Waals surface area (Å²) >= 11 is 0. The summed E-state index contributed by atoms with van der Waals surface area (Å²) in [5.74, 6) is 2.44. The van der Waals surface area contributed by atoms with Gasteiger partial charge in [0.2, 0.25) is 0 Å². The fourth-order valence-electron chi connectivity index (χ4n) is 2.60. The van der Waals surface area contributed by atoms with E-state index in [-0.39, 0.29) is 0 Å². The molecule has 2 N–H and O–H groups in total. The third kappa shape index (κ3) is 2.52. The van der Waals surface area contributed by atoms with Crippen LogP contribution in [0.4, 0.5) is 5.95 Å². The van der Waals surface area contributed by atoms with Crippen LogP contribution in [0.15, 0.2) is 12.4 Å². The van der Waals surface area contributed by atoms with Gasteiger partial charge in [-0.05, 0) is 24.7 Å². The largest absolute Gasteiger partial charge is 0.369 e. The van der Waals surface area contributed by atoms with Gasteiger partial charge in [0.15, 0.2) is 5.95 Å². The highest BCUT2D eigenvalue weighted by atomic mass is 15.1. The number of aromatic nitrogens is 2. The van der Waals surface area contributed by atoms with E-state index in [4.69, 9.17) is 5.73 Å². The Morgan fingerprint density at radius 1 is 1.33 bits per heavy atom. The van der Waals surface area contributed by atoms with Crippen LogP contribution < -0.4 is 5.73 Å². The molecule has 1 heterocycles. The van der Waals surface area contributed by atoms with Crippen LogP contribution in [0.25, 0.3) is 0 Å². The van der Waals surface area contributed by atoms with Crippen LogP contribution in [0.3, 0.4) is 0 Å². The van der Waals surface area contributed by atoms with E-state index in [9.17, 15) is 0 Å². The van der Waals surface area contributed by atoms with E-state index in [0.29, 0.717) is 5.95 Å². The zero-order valence-corrected chi connectivity index (χ0v) is 9.52. The summed E-state index contributed by atoms with van der Waals surface area (Å²) < 4.78 is 2.08. The van der Waals surface area contributed by atoms with Crippen molar-refractivity contribution in [2.45, 2.75) is 45.6 Å². The minimum atomic E-state index is 0.660. The SMILES string of the molecule is CCC1CCC(Cn2ccnc2N)CC1. The van der Waals surface area contributed by atoms with Gasteiger partial charge in [0.05, 0.1) is 0 Å². The van der Waals surface area contributed by atoms with E-state index in [1.807, 2.05) is 6.20 Å². The number of rotatable bonds is 3. The smallest absolute Gasteiger partial charge is 0.200 e. The lowest BCUT2D eigenvalue weighted by molar-refractivity contribution is 0.248. The first-order valence-electron chi connectivity index (χ1n) is 6.06. The van der Waals surface area contributed by atoms with Gasteiger partial charge in [-0.3, -0.25) is 0 Å². The van der Waals surface area contributed by atoms with Crippen molar-refractivity contribution >= 4 is 5.95 Å². The predicted octanol–water partition coefficient (Wildman–Crippen LogP) is 2.68. The van der Waals surface area contributed by atoms with Crippen molar-refractivity contribution in [3.05, 3.63) is 12.4 Å². The summed E-state index contributed by atoms with van der Waals surface area (Å²) in [5.41, 5.74) is 5.76. The highest BCUT2D eigenvalue weighted by Crippen LogP contribution is 2.31. The van der Waals surface area contributed by atoms with Gasteiger partial charge >= 0.3 is 0 Å². The van der Waals surface area contributed by atoms with Gasteiger partial charge in [0.1, 0.15) is 0 Å². The van der Waals surface area contributed by atoms with Gasteiger partial charge in [-0.25, -0.2) is 4.98 Å². The second kappa shape index (κ2) is 4.69. The number of nitrogen functional groups attached to an aromatic ring is 1. The third-order valence-corrected chi connectivity index (χ3v) is 3.75. The lowest BCUT2D eigenvalue weighted by Crippen LogP contribution is -2.19. The average molecular weight is 207 g/mol. The topological polar surface area (TPSA) is 43.8 Å². The van der Waals surface area contributed by atoms with Crippen molar-refractivity contribution in [1.82, 2.24) is 9.55 Å². The molecule has 0 spiro atoms. The molecule has 1 fully saturated rings. The molecule has 0 saturated heterocycles. The molecule has 0 amide bonds. The molecule has 0 atom stereocenters. The second-order valence-corrected chi connectivity index (χ2v) is 4.73. The van der Waals surface area contributed by atoms with Crippen molar-refractivity contribution in [1.29, 1.82) is 0 Å². The molecular formula is C12H21N3. The zero-order chi connectivity index (χ0) is 10.7. The van der Waals surface area contributed by atoms with Crippen LogP contribution in [-0.4, -0.2) is 9.55 Å². The molecule has 0 aromatic carbocycles. The first-order valence-corrected chi connectivity index (χ1v) is 6.06. The third-order valence-electron chi connectivity index (χ3n) is 3.75. The van der Waals surface area contributed by atoms with Crippen LogP contribution in [0, 0.1) is 11.8 Å². The molecule has 1 aliphatic carbocycles. The molecule has 15 heavy (non-hydrogen) atoms. The van der Waals surface area contributed by atoms with Crippen LogP contribution in [0.5, 0.6) is 0 Å². The molecule has 0 radical (unpaired) electrons. The maximum atomic E-state index is 5.76. The Labute approximate surface area is 91.7 Å². The first-order chi connectivity index (χ1) is 7.29. The molecule has 3 nitrogen and oxygen atoms in total. The monoisotopic (exact) mass is 207 g/mol. The molecule has 0 bridgehead atoms. The number of hydrogen-bond donors (Lipinski definition) is 1. The maximum absolute atomic E-state index is 5.76. The van der Waals surface area contributed by atoms with Crippen LogP contribution >= 0.6 is 0 Å². The minimum Gasteiger partial charge on any atom is -0.369 e. The van der Waals surface area contributed by atoms with Crippen molar-refractivity contribution < 1.29 is 0 Å². The van der Waals surface area contributed by atoms with Gasteiger partial charge in [-0.15, -0.1) is 0 Å². The van der Waals surface area contributed by atoms with Gasteiger partial charge < -0.3 is 10.3 Å². The number of imidazole rings is 1. The minimum absolute atomic E-state index is 0.660. The van der Waals surface area contributed by atoms with Gasteiger partial charge in [0.25, 0.3) is 0 Å². The molecule has 2 rings (SSSR count). The maximum Gasteiger partial charge on any atom is 0.200 e. The Morgan fingerprint density at radius 2 is 2.00 bits per heavy atom. The standard InChI is InChI=1S/C12H21N3/c1-2-10-3-5-11(6-4-10)9-15-8-7-14-12(15)13/h7-8,10-11H,2-6,9H2,1H3,(H2,13,14). The van der Waals surface area contributed by atoms with Crippen molar-refractivity contribution in [2.24, 2.45) is 11.8 Å².